The summed E-state index contributed by atoms with van der Waals surface area (Å²) in [6, 6.07) is 12.9. The van der Waals surface area contributed by atoms with Crippen LogP contribution in [0.4, 0.5) is 5.69 Å². The number of nitrogens with one attached hydrogen (secondary N) is 2. The molecule has 5 nitrogen and oxygen atoms in total. The van der Waals surface area contributed by atoms with Crippen molar-refractivity contribution in [1.82, 2.24) is 5.32 Å². The monoisotopic (exact) mass is 390 g/mol. The maximum atomic E-state index is 12.0. The Kier molecular flexibility index (Phi) is 6.37. The zero-order chi connectivity index (χ0) is 17.5. The molecule has 0 aliphatic heterocycles. The second-order valence-electron chi connectivity index (χ2n) is 5.27. The molecule has 0 aromatic heterocycles. The van der Waals surface area contributed by atoms with Crippen LogP contribution in [-0.4, -0.2) is 25.5 Å². The molecule has 126 valence electrons. The zero-order valence-electron chi connectivity index (χ0n) is 13.6. The Morgan fingerprint density at radius 3 is 2.58 bits per heavy atom. The summed E-state index contributed by atoms with van der Waals surface area (Å²) in [5.74, 6) is 0.151. The molecule has 2 amide bonds. The summed E-state index contributed by atoms with van der Waals surface area (Å²) in [5, 5.41) is 5.40. The third-order valence-electron chi connectivity index (χ3n) is 3.45. The fraction of sp³-hybridized carbons (Fsp3) is 0.222. The highest BCUT2D eigenvalue weighted by Gasteiger charge is 2.10. The van der Waals surface area contributed by atoms with Gasteiger partial charge in [-0.3, -0.25) is 9.59 Å². The van der Waals surface area contributed by atoms with Crippen LogP contribution < -0.4 is 15.4 Å². The highest BCUT2D eigenvalue weighted by Crippen LogP contribution is 2.20. The van der Waals surface area contributed by atoms with Crippen molar-refractivity contribution in [2.24, 2.45) is 0 Å². The standard InChI is InChI=1S/C18H19BrN2O3/c1-12-9-14(19)7-8-15(12)21-18(23)11-20-17(22)10-13-5-3-4-6-16(13)24-2/h3-9H,10-11H2,1-2H3,(H,20,22)(H,21,23). The number of rotatable bonds is 6. The fourth-order valence-electron chi connectivity index (χ4n) is 2.23. The van der Waals surface area contributed by atoms with Crippen LogP contribution in [0.15, 0.2) is 46.9 Å². The van der Waals surface area contributed by atoms with Gasteiger partial charge in [0.2, 0.25) is 11.8 Å². The molecule has 0 radical (unpaired) electrons. The van der Waals surface area contributed by atoms with Gasteiger partial charge in [0.1, 0.15) is 5.75 Å². The molecule has 6 heteroatoms. The van der Waals surface area contributed by atoms with Gasteiger partial charge in [-0.15, -0.1) is 0 Å². The lowest BCUT2D eigenvalue weighted by atomic mass is 10.1. The number of halogens is 1. The molecule has 0 fully saturated rings. The summed E-state index contributed by atoms with van der Waals surface area (Å²) in [6.07, 6.45) is 0.161. The van der Waals surface area contributed by atoms with Crippen molar-refractivity contribution in [1.29, 1.82) is 0 Å². The van der Waals surface area contributed by atoms with E-state index in [0.29, 0.717) is 5.75 Å². The average Bonchev–Trinajstić information content (AvgIpc) is 2.56. The molecule has 2 N–H and O–H groups in total. The van der Waals surface area contributed by atoms with Gasteiger partial charge in [0.25, 0.3) is 0 Å². The number of para-hydroxylation sites is 1. The van der Waals surface area contributed by atoms with E-state index in [9.17, 15) is 9.59 Å². The van der Waals surface area contributed by atoms with E-state index in [-0.39, 0.29) is 24.8 Å². The molecule has 0 spiro atoms. The topological polar surface area (TPSA) is 67.4 Å². The number of ether oxygens (including phenoxy) is 1. The molecule has 0 unspecified atom stereocenters. The second kappa shape index (κ2) is 8.49. The molecule has 0 atom stereocenters. The average molecular weight is 391 g/mol. The molecular weight excluding hydrogens is 372 g/mol. The van der Waals surface area contributed by atoms with Crippen molar-refractivity contribution in [3.05, 3.63) is 58.1 Å². The Morgan fingerprint density at radius 2 is 1.88 bits per heavy atom. The number of anilines is 1. The predicted molar refractivity (Wildman–Crippen MR) is 97.2 cm³/mol. The Morgan fingerprint density at radius 1 is 1.12 bits per heavy atom. The summed E-state index contributed by atoms with van der Waals surface area (Å²) in [6.45, 7) is 1.82. The van der Waals surface area contributed by atoms with Crippen molar-refractivity contribution in [3.63, 3.8) is 0 Å². The van der Waals surface area contributed by atoms with Gasteiger partial charge in [-0.05, 0) is 36.8 Å². The Bertz CT molecular complexity index is 747. The highest BCUT2D eigenvalue weighted by atomic mass is 79.9. The van der Waals surface area contributed by atoms with Crippen LogP contribution >= 0.6 is 15.9 Å². The number of hydrogen-bond acceptors (Lipinski definition) is 3. The number of carbonyl (C=O) groups excluding carboxylic acids is 2. The van der Waals surface area contributed by atoms with Crippen LogP contribution in [0.25, 0.3) is 0 Å². The lowest BCUT2D eigenvalue weighted by Gasteiger charge is -2.10. The molecular formula is C18H19BrN2O3. The molecule has 2 rings (SSSR count). The van der Waals surface area contributed by atoms with E-state index in [2.05, 4.69) is 26.6 Å². The van der Waals surface area contributed by atoms with Gasteiger partial charge in [-0.1, -0.05) is 34.1 Å². The summed E-state index contributed by atoms with van der Waals surface area (Å²) in [4.78, 5) is 24.0. The minimum atomic E-state index is -0.270. The second-order valence-corrected chi connectivity index (χ2v) is 6.19. The fourth-order valence-corrected chi connectivity index (χ4v) is 2.70. The van der Waals surface area contributed by atoms with Crippen molar-refractivity contribution >= 4 is 33.4 Å². The minimum absolute atomic E-state index is 0.0799. The molecule has 0 saturated heterocycles. The first-order valence-corrected chi connectivity index (χ1v) is 8.23. The van der Waals surface area contributed by atoms with Gasteiger partial charge in [0.05, 0.1) is 20.1 Å². The normalized spacial score (nSPS) is 10.1. The van der Waals surface area contributed by atoms with E-state index in [0.717, 1.165) is 21.3 Å². The van der Waals surface area contributed by atoms with E-state index >= 15 is 0 Å². The molecule has 0 aliphatic carbocycles. The van der Waals surface area contributed by atoms with Gasteiger partial charge in [0.15, 0.2) is 0 Å². The Hall–Kier alpha value is -2.34. The molecule has 2 aromatic rings. The van der Waals surface area contributed by atoms with E-state index in [1.54, 1.807) is 13.2 Å². The summed E-state index contributed by atoms with van der Waals surface area (Å²) >= 11 is 3.38. The highest BCUT2D eigenvalue weighted by molar-refractivity contribution is 9.10. The number of amides is 2. The lowest BCUT2D eigenvalue weighted by molar-refractivity contribution is -0.123. The quantitative estimate of drug-likeness (QED) is 0.796. The molecule has 0 saturated carbocycles. The van der Waals surface area contributed by atoms with E-state index in [1.807, 2.05) is 43.3 Å². The molecule has 2 aromatic carbocycles. The van der Waals surface area contributed by atoms with Crippen molar-refractivity contribution in [2.75, 3.05) is 19.0 Å². The van der Waals surface area contributed by atoms with Crippen molar-refractivity contribution < 1.29 is 14.3 Å². The number of aryl methyl sites for hydroxylation is 1. The van der Waals surface area contributed by atoms with E-state index < -0.39 is 0 Å². The largest absolute Gasteiger partial charge is 0.496 e. The minimum Gasteiger partial charge on any atom is -0.496 e. The lowest BCUT2D eigenvalue weighted by Crippen LogP contribution is -2.34. The van der Waals surface area contributed by atoms with Crippen molar-refractivity contribution in [2.45, 2.75) is 13.3 Å². The number of methoxy groups -OCH3 is 1. The SMILES string of the molecule is COc1ccccc1CC(=O)NCC(=O)Nc1ccc(Br)cc1C. The summed E-state index contributed by atoms with van der Waals surface area (Å²) < 4.78 is 6.16. The maximum Gasteiger partial charge on any atom is 0.243 e. The van der Waals surface area contributed by atoms with E-state index in [1.165, 1.54) is 0 Å². The summed E-state index contributed by atoms with van der Waals surface area (Å²) in [5.41, 5.74) is 2.45. The van der Waals surface area contributed by atoms with Crippen LogP contribution in [0.3, 0.4) is 0 Å². The first kappa shape index (κ1) is 18.0. The smallest absolute Gasteiger partial charge is 0.243 e. The summed E-state index contributed by atoms with van der Waals surface area (Å²) in [7, 11) is 1.56. The van der Waals surface area contributed by atoms with Crippen LogP contribution in [0.1, 0.15) is 11.1 Å². The zero-order valence-corrected chi connectivity index (χ0v) is 15.1. The van der Waals surface area contributed by atoms with Crippen LogP contribution in [0, 0.1) is 6.92 Å². The number of benzene rings is 2. The Labute approximate surface area is 149 Å². The molecule has 0 aliphatic rings. The first-order chi connectivity index (χ1) is 11.5. The first-order valence-electron chi connectivity index (χ1n) is 7.44. The molecule has 0 bridgehead atoms. The van der Waals surface area contributed by atoms with Crippen molar-refractivity contribution in [3.8, 4) is 5.75 Å². The van der Waals surface area contributed by atoms with Crippen LogP contribution in [-0.2, 0) is 16.0 Å². The van der Waals surface area contributed by atoms with Gasteiger partial charge >= 0.3 is 0 Å². The van der Waals surface area contributed by atoms with Gasteiger partial charge in [0, 0.05) is 15.7 Å². The third kappa shape index (κ3) is 5.09. The Balaban J connectivity index is 1.86. The van der Waals surface area contributed by atoms with Gasteiger partial charge < -0.3 is 15.4 Å². The number of carbonyl (C=O) groups is 2. The van der Waals surface area contributed by atoms with Gasteiger partial charge in [-0.2, -0.15) is 0 Å². The van der Waals surface area contributed by atoms with Crippen LogP contribution in [0.5, 0.6) is 5.75 Å². The molecule has 0 heterocycles. The maximum absolute atomic E-state index is 12.0. The van der Waals surface area contributed by atoms with Crippen LogP contribution in [0.2, 0.25) is 0 Å². The predicted octanol–water partition coefficient (Wildman–Crippen LogP) is 3.06. The third-order valence-corrected chi connectivity index (χ3v) is 3.95. The number of hydrogen-bond donors (Lipinski definition) is 2. The molecule has 24 heavy (non-hydrogen) atoms. The van der Waals surface area contributed by atoms with E-state index in [4.69, 9.17) is 4.74 Å². The van der Waals surface area contributed by atoms with Gasteiger partial charge in [-0.25, -0.2) is 0 Å².